The Hall–Kier alpha value is -1.51. The van der Waals surface area contributed by atoms with Crippen LogP contribution in [0, 0.1) is 5.41 Å². The van der Waals surface area contributed by atoms with Crippen molar-refractivity contribution in [3.8, 4) is 0 Å². The van der Waals surface area contributed by atoms with Crippen LogP contribution in [0.1, 0.15) is 19.3 Å². The number of carbonyl (C=O) groups excluding carboxylic acids is 1. The normalized spacial score (nSPS) is 22.4. The molecule has 1 heterocycles. The van der Waals surface area contributed by atoms with E-state index >= 15 is 0 Å². The van der Waals surface area contributed by atoms with E-state index in [4.69, 9.17) is 9.84 Å². The van der Waals surface area contributed by atoms with Gasteiger partial charge in [-0.1, -0.05) is 0 Å². The minimum Gasteiger partial charge on any atom is -0.481 e. The highest BCUT2D eigenvalue weighted by atomic mass is 19.4. The van der Waals surface area contributed by atoms with E-state index in [1.807, 2.05) is 0 Å². The number of carboxylic acid groups (broad SMARTS) is 1. The molecule has 1 aliphatic heterocycles. The van der Waals surface area contributed by atoms with Crippen LogP contribution >= 0.6 is 0 Å². The minimum atomic E-state index is -4.88. The first-order valence-corrected chi connectivity index (χ1v) is 6.56. The van der Waals surface area contributed by atoms with Gasteiger partial charge in [-0.05, 0) is 19.3 Å². The molecule has 0 aromatic carbocycles. The van der Waals surface area contributed by atoms with E-state index in [1.54, 1.807) is 7.11 Å². The van der Waals surface area contributed by atoms with E-state index in [9.17, 15) is 22.8 Å². The Morgan fingerprint density at radius 1 is 1.38 bits per heavy atom. The van der Waals surface area contributed by atoms with Gasteiger partial charge in [0, 0.05) is 33.4 Å². The van der Waals surface area contributed by atoms with Crippen LogP contribution in [0.3, 0.4) is 0 Å². The molecule has 0 aliphatic carbocycles. The number of halogens is 3. The van der Waals surface area contributed by atoms with Gasteiger partial charge in [-0.2, -0.15) is 13.2 Å². The smallest absolute Gasteiger partial charge is 0.406 e. The number of urea groups is 1. The Bertz CT molecular complexity index is 389. The summed E-state index contributed by atoms with van der Waals surface area (Å²) >= 11 is 0. The van der Waals surface area contributed by atoms with Gasteiger partial charge in [0.2, 0.25) is 0 Å². The molecule has 2 N–H and O–H groups in total. The van der Waals surface area contributed by atoms with Crippen molar-refractivity contribution < 1.29 is 32.6 Å². The number of amides is 2. The van der Waals surface area contributed by atoms with E-state index in [0.29, 0.717) is 19.6 Å². The first-order chi connectivity index (χ1) is 9.74. The van der Waals surface area contributed by atoms with Crippen LogP contribution in [0.4, 0.5) is 18.0 Å². The second-order valence-corrected chi connectivity index (χ2v) is 4.99. The molecule has 1 aliphatic rings. The summed E-state index contributed by atoms with van der Waals surface area (Å²) in [4.78, 5) is 23.6. The van der Waals surface area contributed by atoms with E-state index < -0.39 is 36.6 Å². The molecule has 122 valence electrons. The SMILES string of the molecule is COCCCCNC(=O)N1CCC(C(=O)O)(C(F)(F)F)C1. The predicted molar refractivity (Wildman–Crippen MR) is 66.8 cm³/mol. The fraction of sp³-hybridized carbons (Fsp3) is 0.833. The maximum absolute atomic E-state index is 12.9. The van der Waals surface area contributed by atoms with Crippen LogP contribution < -0.4 is 5.32 Å². The Morgan fingerprint density at radius 2 is 2.05 bits per heavy atom. The fourth-order valence-corrected chi connectivity index (χ4v) is 2.19. The van der Waals surface area contributed by atoms with E-state index in [2.05, 4.69) is 5.32 Å². The first-order valence-electron chi connectivity index (χ1n) is 6.56. The first kappa shape index (κ1) is 17.5. The van der Waals surface area contributed by atoms with Crippen molar-refractivity contribution in [2.75, 3.05) is 33.4 Å². The van der Waals surface area contributed by atoms with Gasteiger partial charge < -0.3 is 20.1 Å². The maximum Gasteiger partial charge on any atom is 0.406 e. The Labute approximate surface area is 120 Å². The summed E-state index contributed by atoms with van der Waals surface area (Å²) in [6.45, 7) is -0.230. The van der Waals surface area contributed by atoms with E-state index in [-0.39, 0.29) is 6.54 Å². The number of hydrogen-bond acceptors (Lipinski definition) is 3. The summed E-state index contributed by atoms with van der Waals surface area (Å²) in [5.41, 5.74) is -2.86. The third-order valence-electron chi connectivity index (χ3n) is 3.56. The summed E-state index contributed by atoms with van der Waals surface area (Å²) in [6.07, 6.45) is -4.15. The Morgan fingerprint density at radius 3 is 2.52 bits per heavy atom. The van der Waals surface area contributed by atoms with Crippen molar-refractivity contribution >= 4 is 12.0 Å². The van der Waals surface area contributed by atoms with Gasteiger partial charge in [-0.15, -0.1) is 0 Å². The van der Waals surface area contributed by atoms with Gasteiger partial charge in [-0.3, -0.25) is 4.79 Å². The van der Waals surface area contributed by atoms with E-state index in [1.165, 1.54) is 0 Å². The molecular formula is C12H19F3N2O4. The molecule has 1 fully saturated rings. The molecule has 1 atom stereocenters. The van der Waals surface area contributed by atoms with Crippen LogP contribution in [0.25, 0.3) is 0 Å². The number of likely N-dealkylation sites (tertiary alicyclic amines) is 1. The predicted octanol–water partition coefficient (Wildman–Crippen LogP) is 1.46. The number of unbranched alkanes of at least 4 members (excludes halogenated alkanes) is 1. The molecule has 1 rings (SSSR count). The van der Waals surface area contributed by atoms with Crippen molar-refractivity contribution in [1.29, 1.82) is 0 Å². The molecular weight excluding hydrogens is 293 g/mol. The van der Waals surface area contributed by atoms with Crippen molar-refractivity contribution in [2.45, 2.75) is 25.4 Å². The van der Waals surface area contributed by atoms with Crippen molar-refractivity contribution in [1.82, 2.24) is 10.2 Å². The van der Waals surface area contributed by atoms with Crippen LogP contribution in [-0.4, -0.2) is 61.5 Å². The fourth-order valence-electron chi connectivity index (χ4n) is 2.19. The number of carbonyl (C=O) groups is 2. The molecule has 0 bridgehead atoms. The summed E-state index contributed by atoms with van der Waals surface area (Å²) in [5.74, 6) is -1.94. The standard InChI is InChI=1S/C12H19F3N2O4/c1-21-7-3-2-5-16-10(20)17-6-4-11(8-17,9(18)19)12(13,14)15/h2-8H2,1H3,(H,16,20)(H,18,19). The lowest BCUT2D eigenvalue weighted by atomic mass is 9.86. The second-order valence-electron chi connectivity index (χ2n) is 4.99. The number of carboxylic acids is 1. The number of methoxy groups -OCH3 is 1. The number of alkyl halides is 3. The number of nitrogens with zero attached hydrogens (tertiary/aromatic N) is 1. The number of ether oxygens (including phenoxy) is 1. The highest BCUT2D eigenvalue weighted by molar-refractivity contribution is 5.80. The molecule has 0 radical (unpaired) electrons. The summed E-state index contributed by atoms with van der Waals surface area (Å²) < 4.78 is 43.7. The summed E-state index contributed by atoms with van der Waals surface area (Å²) in [5, 5.41) is 11.4. The lowest BCUT2D eigenvalue weighted by molar-refractivity contribution is -0.226. The van der Waals surface area contributed by atoms with Crippen molar-refractivity contribution in [3.63, 3.8) is 0 Å². The molecule has 0 aromatic rings. The zero-order valence-electron chi connectivity index (χ0n) is 11.7. The van der Waals surface area contributed by atoms with Crippen molar-refractivity contribution in [2.24, 2.45) is 5.41 Å². The molecule has 1 unspecified atom stereocenters. The summed E-state index contributed by atoms with van der Waals surface area (Å²) in [6, 6.07) is -0.667. The van der Waals surface area contributed by atoms with Crippen LogP contribution in [-0.2, 0) is 9.53 Å². The average Bonchev–Trinajstić information content (AvgIpc) is 2.84. The molecule has 6 nitrogen and oxygen atoms in total. The molecule has 0 spiro atoms. The maximum atomic E-state index is 12.9. The van der Waals surface area contributed by atoms with Gasteiger partial charge in [0.05, 0.1) is 0 Å². The van der Waals surface area contributed by atoms with Gasteiger partial charge in [0.15, 0.2) is 5.41 Å². The lowest BCUT2D eigenvalue weighted by Gasteiger charge is -2.27. The van der Waals surface area contributed by atoms with Crippen LogP contribution in [0.5, 0.6) is 0 Å². The van der Waals surface area contributed by atoms with Gasteiger partial charge >= 0.3 is 18.2 Å². The number of nitrogens with one attached hydrogen (secondary N) is 1. The number of aliphatic carboxylic acids is 1. The quantitative estimate of drug-likeness (QED) is 0.728. The molecule has 1 saturated heterocycles. The van der Waals surface area contributed by atoms with E-state index in [0.717, 1.165) is 11.3 Å². The van der Waals surface area contributed by atoms with Crippen LogP contribution in [0.15, 0.2) is 0 Å². The Kier molecular flexibility index (Phi) is 5.82. The minimum absolute atomic E-state index is 0.226. The largest absolute Gasteiger partial charge is 0.481 e. The highest BCUT2D eigenvalue weighted by Gasteiger charge is 2.64. The summed E-state index contributed by atoms with van der Waals surface area (Å²) in [7, 11) is 1.55. The zero-order valence-corrected chi connectivity index (χ0v) is 11.7. The second kappa shape index (κ2) is 6.97. The zero-order chi connectivity index (χ0) is 16.1. The average molecular weight is 312 g/mol. The molecule has 0 aromatic heterocycles. The van der Waals surface area contributed by atoms with Crippen LogP contribution in [0.2, 0.25) is 0 Å². The molecule has 21 heavy (non-hydrogen) atoms. The highest BCUT2D eigenvalue weighted by Crippen LogP contribution is 2.45. The van der Waals surface area contributed by atoms with Gasteiger partial charge in [-0.25, -0.2) is 4.79 Å². The third-order valence-corrected chi connectivity index (χ3v) is 3.56. The van der Waals surface area contributed by atoms with Gasteiger partial charge in [0.25, 0.3) is 0 Å². The third kappa shape index (κ3) is 3.99. The molecule has 0 saturated carbocycles. The molecule has 9 heteroatoms. The Balaban J connectivity index is 2.52. The monoisotopic (exact) mass is 312 g/mol. The molecule has 2 amide bonds. The van der Waals surface area contributed by atoms with Crippen molar-refractivity contribution in [3.05, 3.63) is 0 Å². The number of rotatable bonds is 6. The lowest BCUT2D eigenvalue weighted by Crippen LogP contribution is -2.49. The number of hydrogen-bond donors (Lipinski definition) is 2. The topological polar surface area (TPSA) is 78.9 Å². The van der Waals surface area contributed by atoms with Gasteiger partial charge in [0.1, 0.15) is 0 Å².